The van der Waals surface area contributed by atoms with Crippen molar-refractivity contribution in [3.8, 4) is 11.3 Å². The Bertz CT molecular complexity index is 1380. The molecule has 1 N–H and O–H groups in total. The molecule has 1 heterocycles. The first kappa shape index (κ1) is 27.6. The molecular formula is C33H36Cl2N4. The summed E-state index contributed by atoms with van der Waals surface area (Å²) in [5, 5.41) is 4.19. The van der Waals surface area contributed by atoms with Crippen LogP contribution in [0.4, 0.5) is 11.6 Å². The van der Waals surface area contributed by atoms with E-state index in [1.165, 1.54) is 59.9 Å². The van der Waals surface area contributed by atoms with E-state index in [-0.39, 0.29) is 18.3 Å². The Morgan fingerprint density at radius 2 is 1.67 bits per heavy atom. The molecule has 0 radical (unpaired) electrons. The molecule has 39 heavy (non-hydrogen) atoms. The Balaban J connectivity index is 0.00000308. The summed E-state index contributed by atoms with van der Waals surface area (Å²) in [7, 11) is 2.29. The Hall–Kier alpha value is -2.92. The van der Waals surface area contributed by atoms with Gasteiger partial charge in [-0.15, -0.1) is 12.4 Å². The minimum atomic E-state index is 0. The molecule has 202 valence electrons. The summed E-state index contributed by atoms with van der Waals surface area (Å²) in [6.07, 6.45) is 10.8. The van der Waals surface area contributed by atoms with Crippen molar-refractivity contribution >= 4 is 35.6 Å². The van der Waals surface area contributed by atoms with Gasteiger partial charge in [-0.2, -0.15) is 0 Å². The van der Waals surface area contributed by atoms with Crippen molar-refractivity contribution in [1.29, 1.82) is 0 Å². The molecule has 6 heteroatoms. The molecule has 1 aromatic heterocycles. The van der Waals surface area contributed by atoms with Crippen LogP contribution in [0.25, 0.3) is 11.3 Å². The van der Waals surface area contributed by atoms with Gasteiger partial charge in [-0.1, -0.05) is 79.4 Å². The third-order valence-corrected chi connectivity index (χ3v) is 8.57. The van der Waals surface area contributed by atoms with Gasteiger partial charge >= 0.3 is 0 Å². The lowest BCUT2D eigenvalue weighted by molar-refractivity contribution is 0.194. The standard InChI is InChI=1S/C33H35ClN4.ClH/c1-38(28-7-3-2-4-8-28)20-19-23-11-17-27(18-12-23)36-33-35-22-25-21-31(24-13-15-26(34)16-14-24)29-9-5-6-10-30(29)32(25)37-33;/h5-6,9-18,22,28,31H,2-4,7-8,19-21H2,1H3,(H,35,36,37);1H. The molecular weight excluding hydrogens is 523 g/mol. The van der Waals surface area contributed by atoms with Gasteiger partial charge in [-0.05, 0) is 79.3 Å². The number of benzene rings is 3. The van der Waals surface area contributed by atoms with E-state index in [1.807, 2.05) is 18.3 Å². The first-order chi connectivity index (χ1) is 18.6. The molecule has 3 aromatic carbocycles. The average Bonchev–Trinajstić information content (AvgIpc) is 2.97. The van der Waals surface area contributed by atoms with Gasteiger partial charge < -0.3 is 10.2 Å². The van der Waals surface area contributed by atoms with E-state index in [2.05, 4.69) is 82.9 Å². The topological polar surface area (TPSA) is 41.0 Å². The highest BCUT2D eigenvalue weighted by Gasteiger charge is 2.27. The van der Waals surface area contributed by atoms with Crippen LogP contribution in [0.1, 0.15) is 60.3 Å². The zero-order valence-electron chi connectivity index (χ0n) is 22.4. The Morgan fingerprint density at radius 3 is 2.44 bits per heavy atom. The van der Waals surface area contributed by atoms with Crippen molar-refractivity contribution in [2.75, 3.05) is 18.9 Å². The molecule has 0 spiro atoms. The number of rotatable bonds is 7. The monoisotopic (exact) mass is 558 g/mol. The predicted octanol–water partition coefficient (Wildman–Crippen LogP) is 8.46. The smallest absolute Gasteiger partial charge is 0.227 e. The van der Waals surface area contributed by atoms with Gasteiger partial charge in [-0.25, -0.2) is 9.97 Å². The Morgan fingerprint density at radius 1 is 0.923 bits per heavy atom. The van der Waals surface area contributed by atoms with Crippen LogP contribution in [0.2, 0.25) is 5.02 Å². The van der Waals surface area contributed by atoms with Gasteiger partial charge in [-0.3, -0.25) is 0 Å². The van der Waals surface area contributed by atoms with Gasteiger partial charge in [0.15, 0.2) is 0 Å². The minimum Gasteiger partial charge on any atom is -0.324 e. The normalized spacial score (nSPS) is 16.7. The molecule has 4 nitrogen and oxygen atoms in total. The SMILES string of the molecule is CN(CCc1ccc(Nc2ncc3c(n2)-c2ccccc2C(c2ccc(Cl)cc2)C3)cc1)C1CCCCC1.Cl. The van der Waals surface area contributed by atoms with Crippen LogP contribution in [0.5, 0.6) is 0 Å². The molecule has 1 atom stereocenters. The van der Waals surface area contributed by atoms with E-state index in [9.17, 15) is 0 Å². The average molecular weight is 560 g/mol. The van der Waals surface area contributed by atoms with E-state index in [4.69, 9.17) is 16.6 Å². The number of likely N-dealkylation sites (N-methyl/N-ethyl adjacent to an activating group) is 1. The van der Waals surface area contributed by atoms with Gasteiger partial charge in [0.1, 0.15) is 0 Å². The number of nitrogens with one attached hydrogen (secondary N) is 1. The van der Waals surface area contributed by atoms with Gasteiger partial charge in [0.2, 0.25) is 5.95 Å². The molecule has 1 fully saturated rings. The maximum atomic E-state index is 6.15. The van der Waals surface area contributed by atoms with Crippen LogP contribution >= 0.6 is 24.0 Å². The third kappa shape index (κ3) is 6.30. The number of anilines is 2. The lowest BCUT2D eigenvalue weighted by Crippen LogP contribution is -2.34. The maximum absolute atomic E-state index is 6.15. The zero-order chi connectivity index (χ0) is 25.9. The molecule has 2 aliphatic carbocycles. The lowest BCUT2D eigenvalue weighted by Gasteiger charge is -2.31. The van der Waals surface area contributed by atoms with Crippen LogP contribution in [-0.4, -0.2) is 34.5 Å². The summed E-state index contributed by atoms with van der Waals surface area (Å²) in [6.45, 7) is 1.11. The van der Waals surface area contributed by atoms with Gasteiger partial charge in [0.05, 0.1) is 5.69 Å². The van der Waals surface area contributed by atoms with Crippen molar-refractivity contribution in [2.24, 2.45) is 0 Å². The summed E-state index contributed by atoms with van der Waals surface area (Å²) in [4.78, 5) is 12.2. The molecule has 2 aliphatic rings. The summed E-state index contributed by atoms with van der Waals surface area (Å²) in [5.41, 5.74) is 8.31. The van der Waals surface area contributed by atoms with Crippen molar-refractivity contribution < 1.29 is 0 Å². The number of halogens is 2. The van der Waals surface area contributed by atoms with Crippen LogP contribution < -0.4 is 5.32 Å². The van der Waals surface area contributed by atoms with E-state index >= 15 is 0 Å². The van der Waals surface area contributed by atoms with Crippen LogP contribution in [0.3, 0.4) is 0 Å². The third-order valence-electron chi connectivity index (χ3n) is 8.31. The predicted molar refractivity (Wildman–Crippen MR) is 165 cm³/mol. The molecule has 4 aromatic rings. The molecule has 0 bridgehead atoms. The summed E-state index contributed by atoms with van der Waals surface area (Å²) >= 11 is 6.15. The highest BCUT2D eigenvalue weighted by molar-refractivity contribution is 6.30. The van der Waals surface area contributed by atoms with E-state index in [0.29, 0.717) is 5.95 Å². The fourth-order valence-electron chi connectivity index (χ4n) is 6.08. The zero-order valence-corrected chi connectivity index (χ0v) is 24.0. The summed E-state index contributed by atoms with van der Waals surface area (Å²) < 4.78 is 0. The molecule has 6 rings (SSSR count). The fourth-order valence-corrected chi connectivity index (χ4v) is 6.21. The first-order valence-corrected chi connectivity index (χ1v) is 14.3. The van der Waals surface area contributed by atoms with E-state index in [1.54, 1.807) is 0 Å². The number of fused-ring (bicyclic) bond motifs is 3. The largest absolute Gasteiger partial charge is 0.324 e. The van der Waals surface area contributed by atoms with Crippen LogP contribution in [-0.2, 0) is 12.8 Å². The van der Waals surface area contributed by atoms with E-state index in [0.717, 1.165) is 41.8 Å². The molecule has 0 amide bonds. The molecule has 0 saturated heterocycles. The van der Waals surface area contributed by atoms with Gasteiger partial charge in [0.25, 0.3) is 0 Å². The van der Waals surface area contributed by atoms with Crippen molar-refractivity contribution in [3.63, 3.8) is 0 Å². The summed E-state index contributed by atoms with van der Waals surface area (Å²) in [6, 6.07) is 26.3. The fraction of sp³-hybridized carbons (Fsp3) is 0.333. The molecule has 1 saturated carbocycles. The second-order valence-electron chi connectivity index (χ2n) is 10.8. The number of aromatic nitrogens is 2. The summed E-state index contributed by atoms with van der Waals surface area (Å²) in [5.74, 6) is 0.899. The second-order valence-corrected chi connectivity index (χ2v) is 11.2. The van der Waals surface area contributed by atoms with Crippen molar-refractivity contribution in [2.45, 2.75) is 56.9 Å². The number of hydrogen-bond donors (Lipinski definition) is 1. The van der Waals surface area contributed by atoms with Crippen LogP contribution in [0.15, 0.2) is 79.0 Å². The minimum absolute atomic E-state index is 0. The Labute approximate surface area is 243 Å². The van der Waals surface area contributed by atoms with E-state index < -0.39 is 0 Å². The van der Waals surface area contributed by atoms with Crippen LogP contribution in [0, 0.1) is 0 Å². The van der Waals surface area contributed by atoms with Gasteiger partial charge in [0, 0.05) is 41.0 Å². The number of hydrogen-bond acceptors (Lipinski definition) is 4. The second kappa shape index (κ2) is 12.5. The first-order valence-electron chi connectivity index (χ1n) is 13.9. The lowest BCUT2D eigenvalue weighted by atomic mass is 9.78. The Kier molecular flexibility index (Phi) is 8.86. The van der Waals surface area contributed by atoms with Crippen molar-refractivity contribution in [3.05, 3.63) is 106 Å². The van der Waals surface area contributed by atoms with Crippen molar-refractivity contribution in [1.82, 2.24) is 14.9 Å². The maximum Gasteiger partial charge on any atom is 0.227 e. The molecule has 1 unspecified atom stereocenters. The quantitative estimate of drug-likeness (QED) is 0.247. The molecule has 0 aliphatic heterocycles. The number of nitrogens with zero attached hydrogens (tertiary/aromatic N) is 3. The highest BCUT2D eigenvalue weighted by atomic mass is 35.5. The highest BCUT2D eigenvalue weighted by Crippen LogP contribution is 2.42.